The highest BCUT2D eigenvalue weighted by Gasteiger charge is 2.15. The third-order valence-corrected chi connectivity index (χ3v) is 2.07. The van der Waals surface area contributed by atoms with E-state index in [9.17, 15) is 0 Å². The molecule has 7 heteroatoms. The second-order valence-electron chi connectivity index (χ2n) is 3.22. The first-order valence-electron chi connectivity index (χ1n) is 4.81. The normalized spacial score (nSPS) is 10.6. The number of anilines is 1. The lowest BCUT2D eigenvalue weighted by Gasteiger charge is -1.90. The summed E-state index contributed by atoms with van der Waals surface area (Å²) in [5, 5.41) is 14.9. The molecule has 0 amide bonds. The zero-order chi connectivity index (χ0) is 11.7. The lowest BCUT2D eigenvalue weighted by molar-refractivity contribution is 0.524. The molecule has 0 fully saturated rings. The van der Waals surface area contributed by atoms with Crippen LogP contribution in [0.1, 0.15) is 0 Å². The summed E-state index contributed by atoms with van der Waals surface area (Å²) in [6.07, 6.45) is 0. The second kappa shape index (κ2) is 3.71. The molecule has 0 aliphatic heterocycles. The van der Waals surface area contributed by atoms with Crippen molar-refractivity contribution in [3.05, 3.63) is 30.3 Å². The maximum Gasteiger partial charge on any atom is 0.313 e. The van der Waals surface area contributed by atoms with E-state index in [1.54, 1.807) is 0 Å². The van der Waals surface area contributed by atoms with Crippen molar-refractivity contribution in [2.75, 3.05) is 5.73 Å². The highest BCUT2D eigenvalue weighted by atomic mass is 16.4. The molecular weight excluding hydrogens is 222 g/mol. The van der Waals surface area contributed by atoms with Crippen molar-refractivity contribution in [1.29, 1.82) is 0 Å². The molecular formula is C10H7N5O2. The SMILES string of the molecule is Nc1nnc(-c2nnc(-c3ccccc3)o2)o1. The van der Waals surface area contributed by atoms with Crippen molar-refractivity contribution in [2.24, 2.45) is 0 Å². The van der Waals surface area contributed by atoms with E-state index in [2.05, 4.69) is 20.4 Å². The summed E-state index contributed by atoms with van der Waals surface area (Å²) >= 11 is 0. The average molecular weight is 229 g/mol. The number of nitrogens with two attached hydrogens (primary N) is 1. The van der Waals surface area contributed by atoms with Crippen LogP contribution < -0.4 is 5.73 Å². The van der Waals surface area contributed by atoms with Gasteiger partial charge in [0.15, 0.2) is 0 Å². The Morgan fingerprint density at radius 1 is 0.765 bits per heavy atom. The molecule has 0 aliphatic rings. The van der Waals surface area contributed by atoms with Gasteiger partial charge in [0.1, 0.15) is 0 Å². The molecule has 0 unspecified atom stereocenters. The first-order chi connectivity index (χ1) is 8.33. The van der Waals surface area contributed by atoms with E-state index in [0.29, 0.717) is 5.89 Å². The Morgan fingerprint density at radius 2 is 1.41 bits per heavy atom. The van der Waals surface area contributed by atoms with Crippen LogP contribution in [0.15, 0.2) is 39.2 Å². The molecule has 7 nitrogen and oxygen atoms in total. The highest BCUT2D eigenvalue weighted by Crippen LogP contribution is 2.22. The fourth-order valence-electron chi connectivity index (χ4n) is 1.33. The van der Waals surface area contributed by atoms with E-state index in [1.807, 2.05) is 30.3 Å². The van der Waals surface area contributed by atoms with Gasteiger partial charge in [-0.3, -0.25) is 0 Å². The average Bonchev–Trinajstić information content (AvgIpc) is 2.98. The molecule has 3 rings (SSSR count). The summed E-state index contributed by atoms with van der Waals surface area (Å²) in [6, 6.07) is 9.34. The van der Waals surface area contributed by atoms with Gasteiger partial charge in [0.05, 0.1) is 0 Å². The molecule has 0 radical (unpaired) electrons. The van der Waals surface area contributed by atoms with Gasteiger partial charge in [-0.25, -0.2) is 0 Å². The lowest BCUT2D eigenvalue weighted by Crippen LogP contribution is -1.81. The summed E-state index contributed by atoms with van der Waals surface area (Å²) in [4.78, 5) is 0. The zero-order valence-corrected chi connectivity index (χ0v) is 8.57. The fraction of sp³-hybridized carbons (Fsp3) is 0. The maximum atomic E-state index is 5.40. The molecule has 0 aliphatic carbocycles. The molecule has 0 bridgehead atoms. The third-order valence-electron chi connectivity index (χ3n) is 2.07. The van der Waals surface area contributed by atoms with Crippen molar-refractivity contribution >= 4 is 6.01 Å². The Morgan fingerprint density at radius 3 is 2.12 bits per heavy atom. The number of benzene rings is 1. The van der Waals surface area contributed by atoms with E-state index in [-0.39, 0.29) is 17.8 Å². The van der Waals surface area contributed by atoms with Crippen LogP contribution in [0.2, 0.25) is 0 Å². The Labute approximate surface area is 95.3 Å². The molecule has 84 valence electrons. The predicted molar refractivity (Wildman–Crippen MR) is 57.4 cm³/mol. The fourth-order valence-corrected chi connectivity index (χ4v) is 1.33. The quantitative estimate of drug-likeness (QED) is 0.707. The third kappa shape index (κ3) is 1.73. The topological polar surface area (TPSA) is 104 Å². The summed E-state index contributed by atoms with van der Waals surface area (Å²) in [5.74, 6) is 0.641. The highest BCUT2D eigenvalue weighted by molar-refractivity contribution is 5.53. The molecule has 2 aromatic heterocycles. The number of rotatable bonds is 2. The van der Waals surface area contributed by atoms with Gasteiger partial charge < -0.3 is 14.6 Å². The van der Waals surface area contributed by atoms with Crippen LogP contribution in [-0.2, 0) is 0 Å². The minimum absolute atomic E-state index is 0.0422. The summed E-state index contributed by atoms with van der Waals surface area (Å²) in [5.41, 5.74) is 6.12. The summed E-state index contributed by atoms with van der Waals surface area (Å²) in [6.45, 7) is 0. The minimum atomic E-state index is -0.0422. The van der Waals surface area contributed by atoms with Crippen molar-refractivity contribution in [3.8, 4) is 23.2 Å². The van der Waals surface area contributed by atoms with E-state index < -0.39 is 0 Å². The Kier molecular flexibility index (Phi) is 2.08. The molecule has 2 N–H and O–H groups in total. The Hall–Kier alpha value is -2.70. The van der Waals surface area contributed by atoms with Crippen molar-refractivity contribution in [2.45, 2.75) is 0 Å². The molecule has 2 heterocycles. The summed E-state index contributed by atoms with van der Waals surface area (Å²) < 4.78 is 10.4. The van der Waals surface area contributed by atoms with Crippen molar-refractivity contribution < 1.29 is 8.83 Å². The van der Waals surface area contributed by atoms with Gasteiger partial charge >= 0.3 is 17.8 Å². The first-order valence-corrected chi connectivity index (χ1v) is 4.81. The molecule has 0 saturated heterocycles. The Balaban J connectivity index is 1.99. The van der Waals surface area contributed by atoms with Crippen molar-refractivity contribution in [1.82, 2.24) is 20.4 Å². The zero-order valence-electron chi connectivity index (χ0n) is 8.57. The van der Waals surface area contributed by atoms with Gasteiger partial charge in [0.25, 0.3) is 0 Å². The smallest absolute Gasteiger partial charge is 0.313 e. The summed E-state index contributed by atoms with van der Waals surface area (Å²) in [7, 11) is 0. The molecule has 3 aromatic rings. The second-order valence-corrected chi connectivity index (χ2v) is 3.22. The van der Waals surface area contributed by atoms with Crippen LogP contribution in [0.3, 0.4) is 0 Å². The first kappa shape index (κ1) is 9.52. The van der Waals surface area contributed by atoms with Crippen LogP contribution >= 0.6 is 0 Å². The number of aromatic nitrogens is 4. The Bertz CT molecular complexity index is 631. The number of nitrogen functional groups attached to an aromatic ring is 1. The van der Waals surface area contributed by atoms with Crippen LogP contribution in [0.4, 0.5) is 6.01 Å². The monoisotopic (exact) mass is 229 g/mol. The van der Waals surface area contributed by atoms with E-state index in [1.165, 1.54) is 0 Å². The van der Waals surface area contributed by atoms with Crippen LogP contribution in [0, 0.1) is 0 Å². The van der Waals surface area contributed by atoms with Gasteiger partial charge in [-0.2, -0.15) is 0 Å². The van der Waals surface area contributed by atoms with E-state index in [4.69, 9.17) is 14.6 Å². The van der Waals surface area contributed by atoms with E-state index in [0.717, 1.165) is 5.56 Å². The van der Waals surface area contributed by atoms with Crippen LogP contribution in [0.5, 0.6) is 0 Å². The molecule has 0 atom stereocenters. The van der Waals surface area contributed by atoms with Crippen LogP contribution in [0.25, 0.3) is 23.2 Å². The lowest BCUT2D eigenvalue weighted by atomic mass is 10.2. The van der Waals surface area contributed by atoms with Gasteiger partial charge in [0.2, 0.25) is 5.89 Å². The number of nitrogens with zero attached hydrogens (tertiary/aromatic N) is 4. The maximum absolute atomic E-state index is 5.40. The van der Waals surface area contributed by atoms with Crippen molar-refractivity contribution in [3.63, 3.8) is 0 Å². The molecule has 1 aromatic carbocycles. The van der Waals surface area contributed by atoms with Gasteiger partial charge in [-0.1, -0.05) is 23.3 Å². The van der Waals surface area contributed by atoms with Gasteiger partial charge in [-0.05, 0) is 12.1 Å². The number of hydrogen-bond donors (Lipinski definition) is 1. The standard InChI is InChI=1S/C10H7N5O2/c11-10-15-14-9(17-10)8-13-12-7(16-8)6-4-2-1-3-5-6/h1-5H,(H2,11,15). The predicted octanol–water partition coefficient (Wildman–Crippen LogP) is 1.37. The molecule has 0 saturated carbocycles. The van der Waals surface area contributed by atoms with E-state index >= 15 is 0 Å². The molecule has 0 spiro atoms. The van der Waals surface area contributed by atoms with Gasteiger partial charge in [-0.15, -0.1) is 15.3 Å². The van der Waals surface area contributed by atoms with Gasteiger partial charge in [0, 0.05) is 5.56 Å². The minimum Gasteiger partial charge on any atom is -0.412 e. The van der Waals surface area contributed by atoms with Crippen LogP contribution in [-0.4, -0.2) is 20.4 Å². The molecule has 17 heavy (non-hydrogen) atoms. The largest absolute Gasteiger partial charge is 0.412 e. The number of hydrogen-bond acceptors (Lipinski definition) is 7.